The Morgan fingerprint density at radius 1 is 1.11 bits per heavy atom. The van der Waals surface area contributed by atoms with Gasteiger partial charge in [-0.15, -0.1) is 0 Å². The quantitative estimate of drug-likeness (QED) is 0.342. The molecule has 0 saturated carbocycles. The van der Waals surface area contributed by atoms with Crippen LogP contribution in [0.1, 0.15) is 62.9 Å². The standard InChI is InChI=1S/C29H38N2O4/c1-18(2)35-23-12-10-9-11-21(23)25-24(27(33)28(34)31(25)16-15-30(7)8)26(32)22-17-20(29(4,5)6)14-13-19(22)3/h9-14,17-18,25,32H,15-16H2,1-8H3/b26-24+. The van der Waals surface area contributed by atoms with Crippen LogP contribution in [0.25, 0.3) is 5.76 Å². The first-order valence-corrected chi connectivity index (χ1v) is 12.1. The normalized spacial score (nSPS) is 18.1. The van der Waals surface area contributed by atoms with Crippen molar-refractivity contribution >= 4 is 17.4 Å². The number of nitrogens with zero attached hydrogens (tertiary/aromatic N) is 2. The van der Waals surface area contributed by atoms with E-state index in [1.807, 2.05) is 82.2 Å². The highest BCUT2D eigenvalue weighted by Gasteiger charge is 2.47. The molecule has 1 aliphatic heterocycles. The number of ether oxygens (including phenoxy) is 1. The minimum absolute atomic E-state index is 0.0917. The number of ketones is 1. The number of carbonyl (C=O) groups is 2. The SMILES string of the molecule is Cc1ccc(C(C)(C)C)cc1/C(O)=C1\C(=O)C(=O)N(CCN(C)C)C1c1ccccc1OC(C)C. The van der Waals surface area contributed by atoms with E-state index in [1.165, 1.54) is 0 Å². The molecule has 1 N–H and O–H groups in total. The second kappa shape index (κ2) is 10.2. The van der Waals surface area contributed by atoms with Crippen molar-refractivity contribution in [2.24, 2.45) is 0 Å². The molecule has 1 aliphatic rings. The molecule has 2 aromatic rings. The number of aliphatic hydroxyl groups is 1. The maximum Gasteiger partial charge on any atom is 0.295 e. The molecular formula is C29H38N2O4. The zero-order valence-corrected chi connectivity index (χ0v) is 22.2. The number of hydrogen-bond acceptors (Lipinski definition) is 5. The third-order valence-electron chi connectivity index (χ3n) is 6.26. The van der Waals surface area contributed by atoms with Gasteiger partial charge in [-0.3, -0.25) is 9.59 Å². The molecule has 35 heavy (non-hydrogen) atoms. The van der Waals surface area contributed by atoms with Crippen LogP contribution in [0.3, 0.4) is 0 Å². The summed E-state index contributed by atoms with van der Waals surface area (Å²) in [6.45, 7) is 13.0. The Labute approximate surface area is 209 Å². The fourth-order valence-electron chi connectivity index (χ4n) is 4.30. The Bertz CT molecular complexity index is 1140. The highest BCUT2D eigenvalue weighted by Crippen LogP contribution is 2.43. The summed E-state index contributed by atoms with van der Waals surface area (Å²) in [5.74, 6) is -0.840. The molecule has 0 spiro atoms. The Morgan fingerprint density at radius 3 is 2.37 bits per heavy atom. The molecule has 2 aromatic carbocycles. The van der Waals surface area contributed by atoms with Gasteiger partial charge in [-0.05, 0) is 63.5 Å². The maximum atomic E-state index is 13.4. The Hall–Kier alpha value is -3.12. The van der Waals surface area contributed by atoms with Crippen LogP contribution in [0, 0.1) is 6.92 Å². The van der Waals surface area contributed by atoms with Crippen LogP contribution in [0.5, 0.6) is 5.75 Å². The highest BCUT2D eigenvalue weighted by atomic mass is 16.5. The van der Waals surface area contributed by atoms with E-state index < -0.39 is 17.7 Å². The molecule has 3 rings (SSSR count). The second-order valence-electron chi connectivity index (χ2n) is 10.8. The number of likely N-dealkylation sites (N-methyl/N-ethyl adjacent to an activating group) is 1. The lowest BCUT2D eigenvalue weighted by molar-refractivity contribution is -0.140. The van der Waals surface area contributed by atoms with Gasteiger partial charge in [-0.25, -0.2) is 0 Å². The van der Waals surface area contributed by atoms with Crippen LogP contribution in [0.2, 0.25) is 0 Å². The summed E-state index contributed by atoms with van der Waals surface area (Å²) in [6, 6.07) is 12.6. The lowest BCUT2D eigenvalue weighted by Crippen LogP contribution is -2.35. The summed E-state index contributed by atoms with van der Waals surface area (Å²) < 4.78 is 6.06. The van der Waals surface area contributed by atoms with Gasteiger partial charge in [0.15, 0.2) is 0 Å². The largest absolute Gasteiger partial charge is 0.507 e. The molecule has 1 heterocycles. The van der Waals surface area contributed by atoms with E-state index in [0.29, 0.717) is 30.0 Å². The summed E-state index contributed by atoms with van der Waals surface area (Å²) >= 11 is 0. The molecule has 1 unspecified atom stereocenters. The zero-order valence-electron chi connectivity index (χ0n) is 22.2. The number of Topliss-reactive ketones (excluding diaryl/α,β-unsaturated/α-hetero) is 1. The van der Waals surface area contributed by atoms with Crippen molar-refractivity contribution in [3.8, 4) is 5.75 Å². The predicted octanol–water partition coefficient (Wildman–Crippen LogP) is 5.06. The summed E-state index contributed by atoms with van der Waals surface area (Å²) in [5.41, 5.74) is 3.08. The summed E-state index contributed by atoms with van der Waals surface area (Å²) in [7, 11) is 3.84. The smallest absolute Gasteiger partial charge is 0.295 e. The first-order valence-electron chi connectivity index (χ1n) is 12.1. The van der Waals surface area contributed by atoms with Gasteiger partial charge in [-0.1, -0.05) is 51.1 Å². The first kappa shape index (κ1) is 26.5. The lowest BCUT2D eigenvalue weighted by atomic mass is 9.84. The molecule has 1 fully saturated rings. The third kappa shape index (κ3) is 5.59. The van der Waals surface area contributed by atoms with E-state index in [9.17, 15) is 14.7 Å². The number of carbonyl (C=O) groups excluding carboxylic acids is 2. The summed E-state index contributed by atoms with van der Waals surface area (Å²) in [5, 5.41) is 11.6. The topological polar surface area (TPSA) is 70.1 Å². The van der Waals surface area contributed by atoms with Crippen LogP contribution in [-0.2, 0) is 15.0 Å². The van der Waals surface area contributed by atoms with Crippen LogP contribution < -0.4 is 4.74 Å². The number of hydrogen-bond donors (Lipinski definition) is 1. The van der Waals surface area contributed by atoms with Gasteiger partial charge >= 0.3 is 0 Å². The van der Waals surface area contributed by atoms with Gasteiger partial charge in [0.1, 0.15) is 11.5 Å². The van der Waals surface area contributed by atoms with Crippen LogP contribution in [-0.4, -0.2) is 59.9 Å². The van der Waals surface area contributed by atoms with E-state index in [1.54, 1.807) is 4.90 Å². The molecule has 188 valence electrons. The zero-order chi connectivity index (χ0) is 26.1. The van der Waals surface area contributed by atoms with Crippen LogP contribution >= 0.6 is 0 Å². The van der Waals surface area contributed by atoms with Crippen molar-refractivity contribution in [2.45, 2.75) is 59.1 Å². The van der Waals surface area contributed by atoms with E-state index in [0.717, 1.165) is 11.1 Å². The van der Waals surface area contributed by atoms with Gasteiger partial charge in [0.2, 0.25) is 0 Å². The monoisotopic (exact) mass is 478 g/mol. The van der Waals surface area contributed by atoms with Gasteiger partial charge in [0.25, 0.3) is 11.7 Å². The van der Waals surface area contributed by atoms with Crippen LogP contribution in [0.15, 0.2) is 48.0 Å². The predicted molar refractivity (Wildman–Crippen MR) is 140 cm³/mol. The Morgan fingerprint density at radius 2 is 1.77 bits per heavy atom. The van der Waals surface area contributed by atoms with Gasteiger partial charge < -0.3 is 19.6 Å². The summed E-state index contributed by atoms with van der Waals surface area (Å²) in [4.78, 5) is 30.2. The van der Waals surface area contributed by atoms with Crippen LogP contribution in [0.4, 0.5) is 0 Å². The number of amides is 1. The number of rotatable bonds is 7. The number of aliphatic hydroxyl groups excluding tert-OH is 1. The highest BCUT2D eigenvalue weighted by molar-refractivity contribution is 6.46. The molecule has 0 bridgehead atoms. The van der Waals surface area contributed by atoms with E-state index >= 15 is 0 Å². The van der Waals surface area contributed by atoms with Crippen molar-refractivity contribution < 1.29 is 19.4 Å². The van der Waals surface area contributed by atoms with Gasteiger partial charge in [-0.2, -0.15) is 0 Å². The second-order valence-corrected chi connectivity index (χ2v) is 10.8. The van der Waals surface area contributed by atoms with E-state index in [2.05, 4.69) is 20.8 Å². The number of aryl methyl sites for hydroxylation is 1. The molecule has 0 aliphatic carbocycles. The maximum absolute atomic E-state index is 13.4. The van der Waals surface area contributed by atoms with Crippen molar-refractivity contribution in [1.82, 2.24) is 9.80 Å². The van der Waals surface area contributed by atoms with E-state index in [-0.39, 0.29) is 22.9 Å². The molecular weight excluding hydrogens is 440 g/mol. The molecule has 0 aromatic heterocycles. The average Bonchev–Trinajstić information content (AvgIpc) is 3.01. The fourth-order valence-corrected chi connectivity index (χ4v) is 4.30. The Balaban J connectivity index is 2.27. The lowest BCUT2D eigenvalue weighted by Gasteiger charge is -2.28. The molecule has 6 nitrogen and oxygen atoms in total. The molecule has 1 atom stereocenters. The molecule has 1 amide bonds. The number of para-hydroxylation sites is 1. The average molecular weight is 479 g/mol. The number of likely N-dealkylation sites (tertiary alicyclic amines) is 1. The third-order valence-corrected chi connectivity index (χ3v) is 6.26. The van der Waals surface area contributed by atoms with Crippen molar-refractivity contribution in [2.75, 3.05) is 27.2 Å². The molecule has 6 heteroatoms. The van der Waals surface area contributed by atoms with Gasteiger partial charge in [0, 0.05) is 24.2 Å². The van der Waals surface area contributed by atoms with Crippen molar-refractivity contribution in [3.63, 3.8) is 0 Å². The van der Waals surface area contributed by atoms with Crippen molar-refractivity contribution in [1.29, 1.82) is 0 Å². The van der Waals surface area contributed by atoms with Crippen molar-refractivity contribution in [3.05, 3.63) is 70.3 Å². The summed E-state index contributed by atoms with van der Waals surface area (Å²) in [6.07, 6.45) is -0.0917. The van der Waals surface area contributed by atoms with Gasteiger partial charge in [0.05, 0.1) is 17.7 Å². The first-order chi connectivity index (χ1) is 16.3. The minimum Gasteiger partial charge on any atom is -0.507 e. The molecule has 0 radical (unpaired) electrons. The minimum atomic E-state index is -0.748. The molecule has 1 saturated heterocycles. The van der Waals surface area contributed by atoms with E-state index in [4.69, 9.17) is 4.74 Å². The number of benzene rings is 2. The fraction of sp³-hybridized carbons (Fsp3) is 0.448. The Kier molecular flexibility index (Phi) is 7.75.